The van der Waals surface area contributed by atoms with E-state index in [1.165, 1.54) is 0 Å². The van der Waals surface area contributed by atoms with Gasteiger partial charge in [-0.05, 0) is 43.3 Å². The summed E-state index contributed by atoms with van der Waals surface area (Å²) in [5, 5.41) is 1.23. The Morgan fingerprint density at radius 1 is 1.15 bits per heavy atom. The highest BCUT2D eigenvalue weighted by Gasteiger charge is 2.12. The summed E-state index contributed by atoms with van der Waals surface area (Å²) in [4.78, 5) is 4.67. The number of rotatable bonds is 2. The first-order valence-electron chi connectivity index (χ1n) is 6.31. The Kier molecular flexibility index (Phi) is 3.32. The van der Waals surface area contributed by atoms with Crippen molar-refractivity contribution < 1.29 is 0 Å². The zero-order valence-corrected chi connectivity index (χ0v) is 12.4. The second-order valence-electron chi connectivity index (χ2n) is 4.55. The van der Waals surface area contributed by atoms with Gasteiger partial charge in [0, 0.05) is 17.1 Å². The Labute approximate surface area is 126 Å². The molecule has 0 amide bonds. The van der Waals surface area contributed by atoms with Crippen LogP contribution in [0.15, 0.2) is 36.4 Å². The quantitative estimate of drug-likeness (QED) is 0.702. The molecule has 0 spiro atoms. The molecule has 0 bridgehead atoms. The molecular weight excluding hydrogens is 293 g/mol. The molecule has 3 rings (SSSR count). The summed E-state index contributed by atoms with van der Waals surface area (Å²) in [5.41, 5.74) is 9.31. The SMILES string of the molecule is CCn1c(-c2ccc(Cl)c(N)c2)nc2cc(Cl)ccc21. The number of aromatic nitrogens is 2. The van der Waals surface area contributed by atoms with Gasteiger partial charge < -0.3 is 10.3 Å². The van der Waals surface area contributed by atoms with Crippen LogP contribution in [-0.2, 0) is 6.54 Å². The molecular formula is C15H13Cl2N3. The Morgan fingerprint density at radius 2 is 1.95 bits per heavy atom. The van der Waals surface area contributed by atoms with Crippen molar-refractivity contribution in [1.29, 1.82) is 0 Å². The van der Waals surface area contributed by atoms with Crippen LogP contribution in [0.3, 0.4) is 0 Å². The average Bonchev–Trinajstić information content (AvgIpc) is 2.79. The average molecular weight is 306 g/mol. The van der Waals surface area contributed by atoms with E-state index in [0.717, 1.165) is 29.0 Å². The van der Waals surface area contributed by atoms with Crippen molar-refractivity contribution in [1.82, 2.24) is 9.55 Å². The minimum Gasteiger partial charge on any atom is -0.398 e. The first-order chi connectivity index (χ1) is 9.60. The predicted molar refractivity (Wildman–Crippen MR) is 85.3 cm³/mol. The van der Waals surface area contributed by atoms with Gasteiger partial charge in [0.15, 0.2) is 0 Å². The van der Waals surface area contributed by atoms with Crippen LogP contribution in [0.4, 0.5) is 5.69 Å². The number of aryl methyl sites for hydroxylation is 1. The van der Waals surface area contributed by atoms with Crippen LogP contribution in [0, 0.1) is 0 Å². The number of nitrogen functional groups attached to an aromatic ring is 1. The summed E-state index contributed by atoms with van der Waals surface area (Å²) in [6.45, 7) is 2.90. The lowest BCUT2D eigenvalue weighted by atomic mass is 10.2. The Bertz CT molecular complexity index is 793. The maximum Gasteiger partial charge on any atom is 0.141 e. The van der Waals surface area contributed by atoms with Crippen LogP contribution in [0.5, 0.6) is 0 Å². The number of hydrogen-bond acceptors (Lipinski definition) is 2. The molecule has 1 heterocycles. The lowest BCUT2D eigenvalue weighted by molar-refractivity contribution is 0.796. The summed E-state index contributed by atoms with van der Waals surface area (Å²) in [5.74, 6) is 0.869. The highest BCUT2D eigenvalue weighted by atomic mass is 35.5. The van der Waals surface area contributed by atoms with Gasteiger partial charge >= 0.3 is 0 Å². The summed E-state index contributed by atoms with van der Waals surface area (Å²) in [6.07, 6.45) is 0. The Hall–Kier alpha value is -1.71. The molecule has 0 aliphatic carbocycles. The normalized spacial score (nSPS) is 11.2. The van der Waals surface area contributed by atoms with Gasteiger partial charge in [-0.15, -0.1) is 0 Å². The van der Waals surface area contributed by atoms with Gasteiger partial charge in [0.25, 0.3) is 0 Å². The molecule has 1 aromatic heterocycles. The highest BCUT2D eigenvalue weighted by molar-refractivity contribution is 6.33. The summed E-state index contributed by atoms with van der Waals surface area (Å²) >= 11 is 12.0. The molecule has 0 radical (unpaired) electrons. The van der Waals surface area contributed by atoms with Crippen LogP contribution < -0.4 is 5.73 Å². The molecule has 0 aliphatic rings. The maximum atomic E-state index is 6.03. The minimum atomic E-state index is 0.552. The van der Waals surface area contributed by atoms with Crippen molar-refractivity contribution >= 4 is 39.9 Å². The molecule has 102 valence electrons. The van der Waals surface area contributed by atoms with E-state index in [0.29, 0.717) is 15.7 Å². The van der Waals surface area contributed by atoms with E-state index in [-0.39, 0.29) is 0 Å². The first-order valence-corrected chi connectivity index (χ1v) is 7.07. The predicted octanol–water partition coefficient (Wildman–Crippen LogP) is 4.61. The van der Waals surface area contributed by atoms with E-state index in [9.17, 15) is 0 Å². The summed E-state index contributed by atoms with van der Waals surface area (Å²) in [7, 11) is 0. The zero-order valence-electron chi connectivity index (χ0n) is 10.9. The fraction of sp³-hybridized carbons (Fsp3) is 0.133. The number of halogens is 2. The van der Waals surface area contributed by atoms with Crippen molar-refractivity contribution in [3.05, 3.63) is 46.4 Å². The largest absolute Gasteiger partial charge is 0.398 e. The topological polar surface area (TPSA) is 43.8 Å². The fourth-order valence-electron chi connectivity index (χ4n) is 2.33. The smallest absolute Gasteiger partial charge is 0.141 e. The molecule has 5 heteroatoms. The van der Waals surface area contributed by atoms with E-state index in [1.807, 2.05) is 30.3 Å². The Balaban J connectivity index is 2.26. The molecule has 3 nitrogen and oxygen atoms in total. The van der Waals surface area contributed by atoms with Gasteiger partial charge in [-0.2, -0.15) is 0 Å². The van der Waals surface area contributed by atoms with Crippen LogP contribution in [0.2, 0.25) is 10.0 Å². The van der Waals surface area contributed by atoms with Crippen LogP contribution >= 0.6 is 23.2 Å². The molecule has 20 heavy (non-hydrogen) atoms. The first kappa shape index (κ1) is 13.3. The number of hydrogen-bond donors (Lipinski definition) is 1. The third-order valence-corrected chi connectivity index (χ3v) is 3.86. The molecule has 0 unspecified atom stereocenters. The number of nitrogens with zero attached hydrogens (tertiary/aromatic N) is 2. The molecule has 0 atom stereocenters. The summed E-state index contributed by atoms with van der Waals surface area (Å²) < 4.78 is 2.13. The number of imidazole rings is 1. The molecule has 3 aromatic rings. The van der Waals surface area contributed by atoms with Crippen molar-refractivity contribution in [2.45, 2.75) is 13.5 Å². The number of benzene rings is 2. The van der Waals surface area contributed by atoms with E-state index in [2.05, 4.69) is 16.5 Å². The van der Waals surface area contributed by atoms with Crippen molar-refractivity contribution in [3.63, 3.8) is 0 Å². The number of nitrogens with two attached hydrogens (primary N) is 1. The molecule has 2 N–H and O–H groups in total. The number of anilines is 1. The molecule has 0 aliphatic heterocycles. The third-order valence-electron chi connectivity index (χ3n) is 3.28. The van der Waals surface area contributed by atoms with Gasteiger partial charge in [-0.25, -0.2) is 4.98 Å². The third kappa shape index (κ3) is 2.13. The Morgan fingerprint density at radius 3 is 2.65 bits per heavy atom. The highest BCUT2D eigenvalue weighted by Crippen LogP contribution is 2.30. The molecule has 0 fully saturated rings. The monoisotopic (exact) mass is 305 g/mol. The molecule has 0 saturated heterocycles. The number of fused-ring (bicyclic) bond motifs is 1. The van der Waals surface area contributed by atoms with Crippen molar-refractivity contribution in [3.8, 4) is 11.4 Å². The standard InChI is InChI=1S/C15H13Cl2N3/c1-2-20-14-6-4-10(16)8-13(14)19-15(20)9-3-5-11(17)12(18)7-9/h3-8H,2,18H2,1H3. The van der Waals surface area contributed by atoms with Crippen LogP contribution in [0.25, 0.3) is 22.4 Å². The van der Waals surface area contributed by atoms with Crippen molar-refractivity contribution in [2.24, 2.45) is 0 Å². The van der Waals surface area contributed by atoms with Gasteiger partial charge in [-0.1, -0.05) is 23.2 Å². The summed E-state index contributed by atoms with van der Waals surface area (Å²) in [6, 6.07) is 11.3. The lowest BCUT2D eigenvalue weighted by Gasteiger charge is -2.07. The van der Waals surface area contributed by atoms with E-state index in [4.69, 9.17) is 28.9 Å². The van der Waals surface area contributed by atoms with Crippen molar-refractivity contribution in [2.75, 3.05) is 5.73 Å². The maximum absolute atomic E-state index is 6.03. The van der Waals surface area contributed by atoms with E-state index in [1.54, 1.807) is 6.07 Å². The zero-order chi connectivity index (χ0) is 14.3. The van der Waals surface area contributed by atoms with Crippen LogP contribution in [0.1, 0.15) is 6.92 Å². The van der Waals surface area contributed by atoms with Gasteiger partial charge in [0.05, 0.1) is 21.7 Å². The van der Waals surface area contributed by atoms with E-state index >= 15 is 0 Å². The lowest BCUT2D eigenvalue weighted by Crippen LogP contribution is -1.98. The van der Waals surface area contributed by atoms with Gasteiger partial charge in [0.2, 0.25) is 0 Å². The minimum absolute atomic E-state index is 0.552. The molecule has 2 aromatic carbocycles. The molecule has 0 saturated carbocycles. The second kappa shape index (κ2) is 5.00. The van der Waals surface area contributed by atoms with Gasteiger partial charge in [-0.3, -0.25) is 0 Å². The van der Waals surface area contributed by atoms with E-state index < -0.39 is 0 Å². The van der Waals surface area contributed by atoms with Crippen LogP contribution in [-0.4, -0.2) is 9.55 Å². The fourth-order valence-corrected chi connectivity index (χ4v) is 2.61. The van der Waals surface area contributed by atoms with Gasteiger partial charge in [0.1, 0.15) is 5.82 Å². The second-order valence-corrected chi connectivity index (χ2v) is 5.39.